The van der Waals surface area contributed by atoms with E-state index in [-0.39, 0.29) is 52.3 Å². The normalized spacial score (nSPS) is 23.3. The zero-order valence-corrected chi connectivity index (χ0v) is 13.9. The van der Waals surface area contributed by atoms with Crippen molar-refractivity contribution >= 4 is 23.9 Å². The van der Waals surface area contributed by atoms with Crippen molar-refractivity contribution in [2.24, 2.45) is 0 Å². The molecule has 0 aliphatic carbocycles. The van der Waals surface area contributed by atoms with Crippen molar-refractivity contribution in [1.82, 2.24) is 20.4 Å². The van der Waals surface area contributed by atoms with Crippen molar-refractivity contribution in [2.45, 2.75) is 25.9 Å². The summed E-state index contributed by atoms with van der Waals surface area (Å²) < 4.78 is 0. The summed E-state index contributed by atoms with van der Waals surface area (Å²) in [7, 11) is 4.11. The fourth-order valence-corrected chi connectivity index (χ4v) is 1.46. The summed E-state index contributed by atoms with van der Waals surface area (Å²) in [5, 5.41) is 11.4. The Morgan fingerprint density at radius 2 is 1.52 bits per heavy atom. The molecule has 0 aromatic carbocycles. The standard InChI is InChI=1S/C6H10N2O2.C4H6N2O2.CH4O.Ag/c1-4-5(9)8(3)6(10)7(4)2;1-2-3(7)6-4(8)5-2;1-2;/h4H,1-3H3;2H,1H3,(H2,5,6,7,8);2H,1H3;. The predicted molar refractivity (Wildman–Crippen MR) is 69.7 cm³/mol. The van der Waals surface area contributed by atoms with E-state index >= 15 is 0 Å². The summed E-state index contributed by atoms with van der Waals surface area (Å²) in [6, 6.07) is -1.28. The first-order valence-corrected chi connectivity index (χ1v) is 5.86. The number of carbonyl (C=O) groups is 4. The zero-order valence-electron chi connectivity index (χ0n) is 12.4. The van der Waals surface area contributed by atoms with Crippen LogP contribution in [0, 0.1) is 0 Å². The number of carbonyl (C=O) groups excluding carboxylic acids is 4. The third-order valence-electron chi connectivity index (χ3n) is 2.84. The molecule has 2 rings (SSSR count). The summed E-state index contributed by atoms with van der Waals surface area (Å²) in [6.45, 7) is 3.34. The average Bonchev–Trinajstić information content (AvgIpc) is 2.80. The number of rotatable bonds is 0. The maximum Gasteiger partial charge on any atom is 0.326 e. The van der Waals surface area contributed by atoms with Crippen molar-refractivity contribution in [3.8, 4) is 0 Å². The zero-order chi connectivity index (χ0) is 16.0. The summed E-state index contributed by atoms with van der Waals surface area (Å²) in [5.41, 5.74) is 0. The molecule has 3 N–H and O–H groups in total. The summed E-state index contributed by atoms with van der Waals surface area (Å²) in [5.74, 6) is -0.387. The van der Waals surface area contributed by atoms with Crippen LogP contribution >= 0.6 is 0 Å². The van der Waals surface area contributed by atoms with Gasteiger partial charge < -0.3 is 15.3 Å². The molecule has 2 aliphatic rings. The second kappa shape index (κ2) is 9.50. The smallest absolute Gasteiger partial charge is 0.326 e. The van der Waals surface area contributed by atoms with Gasteiger partial charge in [0.25, 0.3) is 5.91 Å². The Balaban J connectivity index is 0. The van der Waals surface area contributed by atoms with Crippen molar-refractivity contribution in [2.75, 3.05) is 21.2 Å². The van der Waals surface area contributed by atoms with E-state index in [2.05, 4.69) is 10.6 Å². The van der Waals surface area contributed by atoms with Crippen molar-refractivity contribution in [3.05, 3.63) is 0 Å². The van der Waals surface area contributed by atoms with Gasteiger partial charge in [-0.25, -0.2) is 9.59 Å². The van der Waals surface area contributed by atoms with Gasteiger partial charge in [-0.15, -0.1) is 0 Å². The molecule has 2 atom stereocenters. The summed E-state index contributed by atoms with van der Waals surface area (Å²) >= 11 is 0. The Bertz CT molecular complexity index is 397. The molecule has 2 fully saturated rings. The number of nitrogens with one attached hydrogen (secondary N) is 2. The van der Waals surface area contributed by atoms with E-state index in [0.29, 0.717) is 0 Å². The van der Waals surface area contributed by atoms with Crippen LogP contribution in [0.15, 0.2) is 0 Å². The molecular formula is C11H20AgN4O5. The first-order chi connectivity index (χ1) is 9.25. The van der Waals surface area contributed by atoms with E-state index in [0.717, 1.165) is 12.0 Å². The molecule has 10 heteroatoms. The minimum Gasteiger partial charge on any atom is -0.400 e. The molecule has 0 saturated carbocycles. The summed E-state index contributed by atoms with van der Waals surface area (Å²) in [6.07, 6.45) is 0. The minimum absolute atomic E-state index is 0. The van der Waals surface area contributed by atoms with Crippen molar-refractivity contribution < 1.29 is 46.7 Å². The van der Waals surface area contributed by atoms with Gasteiger partial charge in [0.2, 0.25) is 5.91 Å². The Morgan fingerprint density at radius 3 is 1.62 bits per heavy atom. The van der Waals surface area contributed by atoms with E-state index in [9.17, 15) is 19.2 Å². The van der Waals surface area contributed by atoms with Crippen LogP contribution in [0.2, 0.25) is 0 Å². The first kappa shape index (κ1) is 21.9. The monoisotopic (exact) mass is 395 g/mol. The number of aliphatic hydroxyl groups excluding tert-OH is 1. The number of hydrogen-bond acceptors (Lipinski definition) is 5. The Morgan fingerprint density at radius 1 is 1.05 bits per heavy atom. The molecule has 0 spiro atoms. The average molecular weight is 396 g/mol. The van der Waals surface area contributed by atoms with Crippen LogP contribution in [0.4, 0.5) is 9.59 Å². The molecule has 1 radical (unpaired) electrons. The number of imide groups is 2. The van der Waals surface area contributed by atoms with Crippen LogP contribution in [-0.2, 0) is 32.0 Å². The van der Waals surface area contributed by atoms with Gasteiger partial charge in [0.15, 0.2) is 0 Å². The number of hydrogen-bond donors (Lipinski definition) is 3. The van der Waals surface area contributed by atoms with Crippen LogP contribution < -0.4 is 10.6 Å². The SMILES string of the molecule is CC1C(=O)N(C)C(=O)N1C.CC1NC(=O)NC1=O.CO.[Ag]. The van der Waals surface area contributed by atoms with Crippen LogP contribution in [0.3, 0.4) is 0 Å². The first-order valence-electron chi connectivity index (χ1n) is 5.86. The molecule has 2 aliphatic heterocycles. The molecule has 0 aromatic heterocycles. The molecule has 21 heavy (non-hydrogen) atoms. The number of aliphatic hydroxyl groups is 1. The van der Waals surface area contributed by atoms with E-state index < -0.39 is 6.03 Å². The van der Waals surface area contributed by atoms with Gasteiger partial charge in [0.1, 0.15) is 12.1 Å². The van der Waals surface area contributed by atoms with Gasteiger partial charge in [-0.2, -0.15) is 0 Å². The molecular weight excluding hydrogens is 376 g/mol. The molecule has 0 aromatic rings. The number of amides is 6. The fraction of sp³-hybridized carbons (Fsp3) is 0.636. The molecule has 6 amide bonds. The van der Waals surface area contributed by atoms with E-state index in [1.165, 1.54) is 11.9 Å². The molecule has 2 heterocycles. The molecule has 2 unspecified atom stereocenters. The maximum atomic E-state index is 11.0. The van der Waals surface area contributed by atoms with E-state index in [1.807, 2.05) is 0 Å². The molecule has 9 nitrogen and oxygen atoms in total. The molecule has 0 bridgehead atoms. The van der Waals surface area contributed by atoms with Gasteiger partial charge in [-0.05, 0) is 13.8 Å². The van der Waals surface area contributed by atoms with Gasteiger partial charge in [0, 0.05) is 43.6 Å². The maximum absolute atomic E-state index is 11.0. The van der Waals surface area contributed by atoms with Gasteiger partial charge >= 0.3 is 12.1 Å². The second-order valence-corrected chi connectivity index (χ2v) is 4.15. The number of urea groups is 2. The van der Waals surface area contributed by atoms with Crippen molar-refractivity contribution in [1.29, 1.82) is 0 Å². The number of likely N-dealkylation sites (N-methyl/N-ethyl adjacent to an activating group) is 2. The third-order valence-corrected chi connectivity index (χ3v) is 2.84. The van der Waals surface area contributed by atoms with Crippen LogP contribution in [-0.4, -0.2) is 72.1 Å². The Kier molecular flexibility index (Phi) is 9.90. The van der Waals surface area contributed by atoms with Crippen molar-refractivity contribution in [3.63, 3.8) is 0 Å². The van der Waals surface area contributed by atoms with Crippen LogP contribution in [0.25, 0.3) is 0 Å². The molecule has 125 valence electrons. The largest absolute Gasteiger partial charge is 0.400 e. The van der Waals surface area contributed by atoms with E-state index in [4.69, 9.17) is 5.11 Å². The van der Waals surface area contributed by atoms with E-state index in [1.54, 1.807) is 20.9 Å². The Labute approximate surface area is 138 Å². The van der Waals surface area contributed by atoms with Gasteiger partial charge in [0.05, 0.1) is 0 Å². The van der Waals surface area contributed by atoms with Gasteiger partial charge in [-0.1, -0.05) is 0 Å². The fourth-order valence-electron chi connectivity index (χ4n) is 1.46. The van der Waals surface area contributed by atoms with Crippen LogP contribution in [0.5, 0.6) is 0 Å². The predicted octanol–water partition coefficient (Wildman–Crippen LogP) is -1.28. The third kappa shape index (κ3) is 5.46. The van der Waals surface area contributed by atoms with Crippen LogP contribution in [0.1, 0.15) is 13.8 Å². The number of nitrogens with zero attached hydrogens (tertiary/aromatic N) is 2. The quantitative estimate of drug-likeness (QED) is 0.348. The topological polar surface area (TPSA) is 119 Å². The second-order valence-electron chi connectivity index (χ2n) is 4.15. The molecule has 2 saturated heterocycles. The summed E-state index contributed by atoms with van der Waals surface area (Å²) in [4.78, 5) is 45.1. The minimum atomic E-state index is -0.400. The Hall–Kier alpha value is -1.42. The van der Waals surface area contributed by atoms with Gasteiger partial charge in [-0.3, -0.25) is 19.8 Å².